The SMILES string of the molecule is COc1ccc(S(=O)(=O)C2CCN(S(=O)(=O)Cc3ccc(Cl)cc3)CC2)cc1. The number of methoxy groups -OCH3 is 1. The predicted molar refractivity (Wildman–Crippen MR) is 109 cm³/mol. The minimum absolute atomic E-state index is 0.125. The van der Waals surface area contributed by atoms with Crippen molar-refractivity contribution in [1.82, 2.24) is 4.31 Å². The van der Waals surface area contributed by atoms with Crippen molar-refractivity contribution in [1.29, 1.82) is 0 Å². The number of benzene rings is 2. The summed E-state index contributed by atoms with van der Waals surface area (Å²) >= 11 is 5.83. The molecule has 1 fully saturated rings. The van der Waals surface area contributed by atoms with Crippen LogP contribution in [0, 0.1) is 0 Å². The molecule has 0 bridgehead atoms. The molecule has 3 rings (SSSR count). The van der Waals surface area contributed by atoms with Crippen molar-refractivity contribution in [3.05, 3.63) is 59.1 Å². The van der Waals surface area contributed by atoms with Crippen LogP contribution in [0.3, 0.4) is 0 Å². The Morgan fingerprint density at radius 2 is 1.54 bits per heavy atom. The van der Waals surface area contributed by atoms with Gasteiger partial charge < -0.3 is 4.74 Å². The molecule has 0 aliphatic carbocycles. The Kier molecular flexibility index (Phi) is 6.34. The molecule has 0 aromatic heterocycles. The van der Waals surface area contributed by atoms with Gasteiger partial charge in [0.25, 0.3) is 0 Å². The summed E-state index contributed by atoms with van der Waals surface area (Å²) in [6, 6.07) is 12.9. The average Bonchev–Trinajstić information content (AvgIpc) is 2.70. The van der Waals surface area contributed by atoms with Crippen LogP contribution in [0.1, 0.15) is 18.4 Å². The number of ether oxygens (including phenoxy) is 1. The van der Waals surface area contributed by atoms with Crippen molar-refractivity contribution >= 4 is 31.5 Å². The van der Waals surface area contributed by atoms with Gasteiger partial charge in [-0.1, -0.05) is 23.7 Å². The van der Waals surface area contributed by atoms with Gasteiger partial charge in [0, 0.05) is 18.1 Å². The maximum Gasteiger partial charge on any atom is 0.218 e. The molecule has 2 aromatic carbocycles. The lowest BCUT2D eigenvalue weighted by Crippen LogP contribution is -2.42. The summed E-state index contributed by atoms with van der Waals surface area (Å²) in [6.07, 6.45) is 0.544. The second-order valence-corrected chi connectivity index (χ2v) is 11.3. The normalized spacial score (nSPS) is 16.8. The number of hydrogen-bond donors (Lipinski definition) is 0. The van der Waals surface area contributed by atoms with Gasteiger partial charge in [0.2, 0.25) is 10.0 Å². The van der Waals surface area contributed by atoms with Crippen LogP contribution < -0.4 is 4.74 Å². The molecule has 1 aliphatic heterocycles. The summed E-state index contributed by atoms with van der Waals surface area (Å²) < 4.78 is 57.5. The Hall–Kier alpha value is -1.61. The van der Waals surface area contributed by atoms with Crippen LogP contribution in [-0.4, -0.2) is 46.6 Å². The van der Waals surface area contributed by atoms with Crippen LogP contribution in [0.25, 0.3) is 0 Å². The van der Waals surface area contributed by atoms with Gasteiger partial charge in [-0.3, -0.25) is 0 Å². The lowest BCUT2D eigenvalue weighted by molar-refractivity contribution is 0.345. The molecule has 152 valence electrons. The molecule has 28 heavy (non-hydrogen) atoms. The Morgan fingerprint density at radius 1 is 0.964 bits per heavy atom. The van der Waals surface area contributed by atoms with Gasteiger partial charge in [-0.2, -0.15) is 0 Å². The van der Waals surface area contributed by atoms with E-state index in [4.69, 9.17) is 16.3 Å². The van der Waals surface area contributed by atoms with Gasteiger partial charge in [0.05, 0.1) is 23.0 Å². The largest absolute Gasteiger partial charge is 0.497 e. The maximum absolute atomic E-state index is 12.8. The second-order valence-electron chi connectivity index (χ2n) is 6.70. The van der Waals surface area contributed by atoms with Crippen LogP contribution >= 0.6 is 11.6 Å². The van der Waals surface area contributed by atoms with Crippen LogP contribution in [-0.2, 0) is 25.6 Å². The van der Waals surface area contributed by atoms with E-state index in [2.05, 4.69) is 0 Å². The summed E-state index contributed by atoms with van der Waals surface area (Å²) in [5.74, 6) is 0.460. The Balaban J connectivity index is 1.66. The first-order valence-electron chi connectivity index (χ1n) is 8.82. The molecule has 1 aliphatic rings. The molecule has 2 aromatic rings. The van der Waals surface area contributed by atoms with E-state index in [1.807, 2.05) is 0 Å². The number of halogens is 1. The smallest absolute Gasteiger partial charge is 0.218 e. The molecule has 0 saturated carbocycles. The van der Waals surface area contributed by atoms with E-state index >= 15 is 0 Å². The van der Waals surface area contributed by atoms with Crippen LogP contribution in [0.15, 0.2) is 53.4 Å². The van der Waals surface area contributed by atoms with Crippen molar-refractivity contribution < 1.29 is 21.6 Å². The van der Waals surface area contributed by atoms with E-state index in [-0.39, 0.29) is 36.6 Å². The number of rotatable bonds is 6. The van der Waals surface area contributed by atoms with E-state index in [0.29, 0.717) is 16.3 Å². The molecule has 0 unspecified atom stereocenters. The fraction of sp³-hybridized carbons (Fsp3) is 0.368. The summed E-state index contributed by atoms with van der Waals surface area (Å²) in [5.41, 5.74) is 0.650. The maximum atomic E-state index is 12.8. The van der Waals surface area contributed by atoms with Gasteiger partial charge in [0.15, 0.2) is 9.84 Å². The van der Waals surface area contributed by atoms with Crippen LogP contribution in [0.2, 0.25) is 5.02 Å². The molecule has 0 radical (unpaired) electrons. The minimum atomic E-state index is -3.51. The highest BCUT2D eigenvalue weighted by molar-refractivity contribution is 7.92. The monoisotopic (exact) mass is 443 g/mol. The van der Waals surface area contributed by atoms with Crippen LogP contribution in [0.4, 0.5) is 0 Å². The fourth-order valence-corrected chi connectivity index (χ4v) is 6.68. The molecule has 0 atom stereocenters. The van der Waals surface area contributed by atoms with Crippen LogP contribution in [0.5, 0.6) is 5.75 Å². The molecular formula is C19H22ClNO5S2. The molecule has 0 amide bonds. The summed E-state index contributed by atoms with van der Waals surface area (Å²) in [4.78, 5) is 0.232. The van der Waals surface area contributed by atoms with Gasteiger partial charge in [-0.05, 0) is 54.8 Å². The third kappa shape index (κ3) is 4.68. The number of sulfone groups is 1. The lowest BCUT2D eigenvalue weighted by atomic mass is 10.2. The minimum Gasteiger partial charge on any atom is -0.497 e. The number of piperidine rings is 1. The quantitative estimate of drug-likeness (QED) is 0.685. The topological polar surface area (TPSA) is 80.8 Å². The Bertz CT molecular complexity index is 1010. The van der Waals surface area contributed by atoms with Crippen molar-refractivity contribution in [2.24, 2.45) is 0 Å². The highest BCUT2D eigenvalue weighted by Gasteiger charge is 2.35. The molecule has 9 heteroatoms. The molecule has 1 saturated heterocycles. The van der Waals surface area contributed by atoms with Crippen molar-refractivity contribution in [2.45, 2.75) is 28.7 Å². The van der Waals surface area contributed by atoms with Crippen molar-refractivity contribution in [3.8, 4) is 5.75 Å². The highest BCUT2D eigenvalue weighted by atomic mass is 35.5. The predicted octanol–water partition coefficient (Wildman–Crippen LogP) is 3.12. The van der Waals surface area contributed by atoms with E-state index in [0.717, 1.165) is 0 Å². The zero-order valence-electron chi connectivity index (χ0n) is 15.4. The third-order valence-corrected chi connectivity index (χ3v) is 9.26. The average molecular weight is 444 g/mol. The Labute approximate surface area is 171 Å². The van der Waals surface area contributed by atoms with Crippen molar-refractivity contribution in [3.63, 3.8) is 0 Å². The lowest BCUT2D eigenvalue weighted by Gasteiger charge is -2.31. The Morgan fingerprint density at radius 3 is 2.07 bits per heavy atom. The highest BCUT2D eigenvalue weighted by Crippen LogP contribution is 2.27. The van der Waals surface area contributed by atoms with Gasteiger partial charge in [-0.15, -0.1) is 0 Å². The summed E-state index contributed by atoms with van der Waals surface area (Å²) in [6.45, 7) is 0.381. The summed E-state index contributed by atoms with van der Waals surface area (Å²) in [7, 11) is -5.51. The zero-order chi connectivity index (χ0) is 20.4. The standard InChI is InChI=1S/C19H22ClNO5S2/c1-26-17-6-8-18(9-7-17)28(24,25)19-10-12-21(13-11-19)27(22,23)14-15-2-4-16(20)5-3-15/h2-9,19H,10-14H2,1H3. The second kappa shape index (κ2) is 8.41. The first-order valence-corrected chi connectivity index (χ1v) is 12.4. The zero-order valence-corrected chi connectivity index (χ0v) is 17.8. The van der Waals surface area contributed by atoms with E-state index < -0.39 is 25.1 Å². The molecule has 0 spiro atoms. The fourth-order valence-electron chi connectivity index (χ4n) is 3.26. The number of sulfonamides is 1. The first kappa shape index (κ1) is 21.1. The van der Waals surface area contributed by atoms with E-state index in [1.54, 1.807) is 36.4 Å². The van der Waals surface area contributed by atoms with E-state index in [9.17, 15) is 16.8 Å². The van der Waals surface area contributed by atoms with Gasteiger partial charge >= 0.3 is 0 Å². The van der Waals surface area contributed by atoms with Gasteiger partial charge in [-0.25, -0.2) is 21.1 Å². The van der Waals surface area contributed by atoms with Crippen molar-refractivity contribution in [2.75, 3.05) is 20.2 Å². The number of nitrogens with zero attached hydrogens (tertiary/aromatic N) is 1. The van der Waals surface area contributed by atoms with E-state index in [1.165, 1.54) is 23.5 Å². The summed E-state index contributed by atoms with van der Waals surface area (Å²) in [5, 5.41) is -0.0476. The molecule has 1 heterocycles. The molecule has 6 nitrogen and oxygen atoms in total. The third-order valence-electron chi connectivity index (χ3n) is 4.88. The van der Waals surface area contributed by atoms with Gasteiger partial charge in [0.1, 0.15) is 5.75 Å². The number of hydrogen-bond acceptors (Lipinski definition) is 5. The molecular weight excluding hydrogens is 422 g/mol. The first-order chi connectivity index (χ1) is 13.2. The molecule has 0 N–H and O–H groups in total.